The Kier molecular flexibility index (Phi) is 3.94. The molecule has 104 valence electrons. The van der Waals surface area contributed by atoms with Crippen molar-refractivity contribution >= 4 is 23.1 Å². The van der Waals surface area contributed by atoms with E-state index in [1.54, 1.807) is 19.1 Å². The SMILES string of the molecule is COC(=O)c1nc(-c2ccc(F)c(C)c2)sc1C(C)=O. The molecule has 0 N–H and O–H groups in total. The first-order valence-electron chi connectivity index (χ1n) is 5.80. The van der Waals surface area contributed by atoms with Gasteiger partial charge < -0.3 is 4.74 Å². The van der Waals surface area contributed by atoms with Gasteiger partial charge in [0.25, 0.3) is 0 Å². The fourth-order valence-corrected chi connectivity index (χ4v) is 2.64. The Bertz CT molecular complexity index is 694. The van der Waals surface area contributed by atoms with Gasteiger partial charge in [0.05, 0.1) is 7.11 Å². The predicted octanol–water partition coefficient (Wildman–Crippen LogP) is 3.25. The Balaban J connectivity index is 2.55. The molecule has 20 heavy (non-hydrogen) atoms. The number of methoxy groups -OCH3 is 1. The van der Waals surface area contributed by atoms with E-state index in [1.807, 2.05) is 0 Å². The minimum absolute atomic E-state index is 0.00183. The predicted molar refractivity (Wildman–Crippen MR) is 73.6 cm³/mol. The number of carbonyl (C=O) groups is 2. The zero-order chi connectivity index (χ0) is 14.9. The molecule has 1 heterocycles. The summed E-state index contributed by atoms with van der Waals surface area (Å²) < 4.78 is 17.9. The van der Waals surface area contributed by atoms with E-state index in [0.717, 1.165) is 11.3 Å². The molecule has 0 fully saturated rings. The van der Waals surface area contributed by atoms with Crippen molar-refractivity contribution in [3.05, 3.63) is 40.2 Å². The minimum Gasteiger partial charge on any atom is -0.464 e. The summed E-state index contributed by atoms with van der Waals surface area (Å²) in [6.45, 7) is 3.00. The zero-order valence-electron chi connectivity index (χ0n) is 11.2. The lowest BCUT2D eigenvalue weighted by Gasteiger charge is -1.99. The number of nitrogens with zero attached hydrogens (tertiary/aromatic N) is 1. The summed E-state index contributed by atoms with van der Waals surface area (Å²) in [7, 11) is 1.23. The second kappa shape index (κ2) is 5.50. The van der Waals surface area contributed by atoms with Crippen molar-refractivity contribution < 1.29 is 18.7 Å². The molecule has 0 unspecified atom stereocenters. The number of rotatable bonds is 3. The van der Waals surface area contributed by atoms with E-state index in [1.165, 1.54) is 20.1 Å². The van der Waals surface area contributed by atoms with Gasteiger partial charge in [0.1, 0.15) is 15.7 Å². The molecular weight excluding hydrogens is 281 g/mol. The Hall–Kier alpha value is -2.08. The first-order valence-corrected chi connectivity index (χ1v) is 6.62. The molecule has 6 heteroatoms. The van der Waals surface area contributed by atoms with Gasteiger partial charge in [-0.1, -0.05) is 0 Å². The third kappa shape index (κ3) is 2.60. The first-order chi connectivity index (χ1) is 9.43. The van der Waals surface area contributed by atoms with Crippen LogP contribution in [0, 0.1) is 12.7 Å². The number of carbonyl (C=O) groups excluding carboxylic acids is 2. The Morgan fingerprint density at radius 1 is 1.35 bits per heavy atom. The van der Waals surface area contributed by atoms with Crippen molar-refractivity contribution in [1.82, 2.24) is 4.98 Å². The van der Waals surface area contributed by atoms with Crippen molar-refractivity contribution in [3.8, 4) is 10.6 Å². The summed E-state index contributed by atoms with van der Waals surface area (Å²) in [5, 5.41) is 0.485. The van der Waals surface area contributed by atoms with Gasteiger partial charge in [0.15, 0.2) is 11.5 Å². The highest BCUT2D eigenvalue weighted by Crippen LogP contribution is 2.30. The highest BCUT2D eigenvalue weighted by Gasteiger charge is 2.22. The Morgan fingerprint density at radius 3 is 2.60 bits per heavy atom. The molecule has 0 saturated carbocycles. The number of halogens is 1. The standard InChI is InChI=1S/C14H12FNO3S/c1-7-6-9(4-5-10(7)15)13-16-11(14(18)19-3)12(20-13)8(2)17/h4-6H,1-3H3. The van der Waals surface area contributed by atoms with Crippen LogP contribution < -0.4 is 0 Å². The first kappa shape index (κ1) is 14.3. The summed E-state index contributed by atoms with van der Waals surface area (Å²) in [6.07, 6.45) is 0. The number of benzene rings is 1. The number of hydrogen-bond donors (Lipinski definition) is 0. The molecule has 1 aromatic heterocycles. The number of thiazole rings is 1. The van der Waals surface area contributed by atoms with Crippen molar-refractivity contribution in [2.45, 2.75) is 13.8 Å². The van der Waals surface area contributed by atoms with Gasteiger partial charge in [0.2, 0.25) is 0 Å². The van der Waals surface area contributed by atoms with Crippen LogP contribution in [0.4, 0.5) is 4.39 Å². The van der Waals surface area contributed by atoms with Crippen molar-refractivity contribution in [2.24, 2.45) is 0 Å². The second-order valence-electron chi connectivity index (χ2n) is 4.21. The number of ketones is 1. The number of aromatic nitrogens is 1. The third-order valence-corrected chi connectivity index (χ3v) is 3.94. The average Bonchev–Trinajstić information content (AvgIpc) is 2.86. The summed E-state index contributed by atoms with van der Waals surface area (Å²) in [6, 6.07) is 4.52. The molecule has 0 radical (unpaired) electrons. The van der Waals surface area contributed by atoms with Gasteiger partial charge in [-0.25, -0.2) is 14.2 Å². The zero-order valence-corrected chi connectivity index (χ0v) is 12.0. The van der Waals surface area contributed by atoms with Crippen LogP contribution in [0.3, 0.4) is 0 Å². The van der Waals surface area contributed by atoms with Gasteiger partial charge in [0, 0.05) is 12.5 Å². The number of aryl methyl sites for hydroxylation is 1. The van der Waals surface area contributed by atoms with E-state index in [-0.39, 0.29) is 22.2 Å². The molecule has 0 bridgehead atoms. The topological polar surface area (TPSA) is 56.3 Å². The molecule has 2 rings (SSSR count). The average molecular weight is 293 g/mol. The molecule has 0 saturated heterocycles. The number of ether oxygens (including phenoxy) is 1. The van der Waals surface area contributed by atoms with Crippen molar-refractivity contribution in [1.29, 1.82) is 0 Å². The highest BCUT2D eigenvalue weighted by molar-refractivity contribution is 7.17. The fraction of sp³-hybridized carbons (Fsp3) is 0.214. The van der Waals surface area contributed by atoms with Crippen LogP contribution in [0.25, 0.3) is 10.6 Å². The van der Waals surface area contributed by atoms with E-state index in [0.29, 0.717) is 16.1 Å². The van der Waals surface area contributed by atoms with E-state index in [2.05, 4.69) is 9.72 Å². The maximum Gasteiger partial charge on any atom is 0.358 e. The molecule has 4 nitrogen and oxygen atoms in total. The van der Waals surface area contributed by atoms with Crippen LogP contribution in [0.15, 0.2) is 18.2 Å². The number of hydrogen-bond acceptors (Lipinski definition) is 5. The van der Waals surface area contributed by atoms with Gasteiger partial charge >= 0.3 is 5.97 Å². The van der Waals surface area contributed by atoms with E-state index >= 15 is 0 Å². The van der Waals surface area contributed by atoms with Crippen LogP contribution in [0.5, 0.6) is 0 Å². The quantitative estimate of drug-likeness (QED) is 0.644. The second-order valence-corrected chi connectivity index (χ2v) is 5.21. The molecule has 0 atom stereocenters. The van der Waals surface area contributed by atoms with Crippen LogP contribution in [0.2, 0.25) is 0 Å². The lowest BCUT2D eigenvalue weighted by atomic mass is 10.1. The van der Waals surface area contributed by atoms with E-state index in [9.17, 15) is 14.0 Å². The monoisotopic (exact) mass is 293 g/mol. The van der Waals surface area contributed by atoms with Gasteiger partial charge in [-0.05, 0) is 30.7 Å². The molecule has 0 amide bonds. The fourth-order valence-electron chi connectivity index (χ4n) is 1.69. The van der Waals surface area contributed by atoms with Crippen molar-refractivity contribution in [2.75, 3.05) is 7.11 Å². The summed E-state index contributed by atoms with van der Waals surface area (Å²) in [5.41, 5.74) is 1.13. The molecule has 1 aromatic carbocycles. The van der Waals surface area contributed by atoms with Gasteiger partial charge in [-0.3, -0.25) is 4.79 Å². The molecule has 0 aliphatic heterocycles. The lowest BCUT2D eigenvalue weighted by Crippen LogP contribution is -2.06. The summed E-state index contributed by atoms with van der Waals surface area (Å²) in [5.74, 6) is -1.23. The smallest absolute Gasteiger partial charge is 0.358 e. The number of esters is 1. The Labute approximate surface area is 119 Å². The molecule has 0 aliphatic carbocycles. The summed E-state index contributed by atoms with van der Waals surface area (Å²) >= 11 is 1.10. The number of Topliss-reactive ketones (excluding diaryl/α,β-unsaturated/α-hetero) is 1. The van der Waals surface area contributed by atoms with Gasteiger partial charge in [-0.15, -0.1) is 11.3 Å². The maximum absolute atomic E-state index is 13.3. The molecular formula is C14H12FNO3S. The third-order valence-electron chi connectivity index (χ3n) is 2.73. The van der Waals surface area contributed by atoms with Crippen LogP contribution >= 0.6 is 11.3 Å². The summed E-state index contributed by atoms with van der Waals surface area (Å²) in [4.78, 5) is 27.6. The minimum atomic E-state index is -0.656. The van der Waals surface area contributed by atoms with Crippen LogP contribution in [-0.4, -0.2) is 23.8 Å². The van der Waals surface area contributed by atoms with Crippen molar-refractivity contribution in [3.63, 3.8) is 0 Å². The molecule has 2 aromatic rings. The highest BCUT2D eigenvalue weighted by atomic mass is 32.1. The molecule has 0 aliphatic rings. The normalized spacial score (nSPS) is 10.4. The van der Waals surface area contributed by atoms with E-state index in [4.69, 9.17) is 0 Å². The van der Waals surface area contributed by atoms with Crippen LogP contribution in [0.1, 0.15) is 32.6 Å². The van der Waals surface area contributed by atoms with Crippen LogP contribution in [-0.2, 0) is 4.74 Å². The van der Waals surface area contributed by atoms with E-state index < -0.39 is 5.97 Å². The largest absolute Gasteiger partial charge is 0.464 e. The Morgan fingerprint density at radius 2 is 2.05 bits per heavy atom. The van der Waals surface area contributed by atoms with Gasteiger partial charge in [-0.2, -0.15) is 0 Å². The molecule has 0 spiro atoms. The maximum atomic E-state index is 13.3. The lowest BCUT2D eigenvalue weighted by molar-refractivity contribution is 0.0591.